The maximum absolute atomic E-state index is 13.8. The van der Waals surface area contributed by atoms with Gasteiger partial charge in [0.1, 0.15) is 11.2 Å². The number of halogens is 1. The summed E-state index contributed by atoms with van der Waals surface area (Å²) in [5.41, 5.74) is 4.41. The number of benzene rings is 3. The lowest BCUT2D eigenvalue weighted by Gasteiger charge is -2.14. The minimum atomic E-state index is -0.223. The molecule has 6 rings (SSSR count). The van der Waals surface area contributed by atoms with Crippen LogP contribution in [0.3, 0.4) is 0 Å². The van der Waals surface area contributed by atoms with E-state index in [9.17, 15) is 10.0 Å². The number of aromatic nitrogens is 5. The SMILES string of the molecule is O=c1c2cnn(-c3ccccc3)c2nc(-c2ccc(-c3cc[n+](O)cc3)cc2)n1-c1ccc(Cl)cc1. The molecule has 3 heterocycles. The van der Waals surface area contributed by atoms with Crippen LogP contribution in [0.15, 0.2) is 114 Å². The highest BCUT2D eigenvalue weighted by Crippen LogP contribution is 2.27. The Hall–Kier alpha value is -4.75. The molecular weight excluding hydrogens is 474 g/mol. The maximum Gasteiger partial charge on any atom is 0.269 e. The molecule has 0 radical (unpaired) electrons. The predicted molar refractivity (Wildman–Crippen MR) is 138 cm³/mol. The molecule has 7 nitrogen and oxygen atoms in total. The van der Waals surface area contributed by atoms with Crippen molar-refractivity contribution in [2.24, 2.45) is 0 Å². The second-order valence-electron chi connectivity index (χ2n) is 8.23. The van der Waals surface area contributed by atoms with Crippen molar-refractivity contribution in [1.82, 2.24) is 19.3 Å². The van der Waals surface area contributed by atoms with Gasteiger partial charge in [0.05, 0.1) is 17.6 Å². The van der Waals surface area contributed by atoms with Crippen LogP contribution in [0.25, 0.3) is 44.9 Å². The van der Waals surface area contributed by atoms with E-state index in [-0.39, 0.29) is 5.56 Å². The first kappa shape index (κ1) is 21.8. The average Bonchev–Trinajstić information content (AvgIpc) is 3.35. The van der Waals surface area contributed by atoms with Crippen LogP contribution in [0.4, 0.5) is 0 Å². The fourth-order valence-corrected chi connectivity index (χ4v) is 4.30. The minimum Gasteiger partial charge on any atom is -0.285 e. The fraction of sp³-hybridized carbons (Fsp3) is 0. The fourth-order valence-electron chi connectivity index (χ4n) is 4.17. The first-order valence-corrected chi connectivity index (χ1v) is 11.6. The number of nitrogens with zero attached hydrogens (tertiary/aromatic N) is 5. The van der Waals surface area contributed by atoms with Gasteiger partial charge in [0, 0.05) is 27.4 Å². The van der Waals surface area contributed by atoms with E-state index in [2.05, 4.69) is 5.10 Å². The second kappa shape index (κ2) is 8.79. The van der Waals surface area contributed by atoms with E-state index in [1.54, 1.807) is 52.1 Å². The third-order valence-electron chi connectivity index (χ3n) is 5.98. The molecule has 0 aliphatic heterocycles. The molecule has 174 valence electrons. The van der Waals surface area contributed by atoms with Crippen LogP contribution in [-0.2, 0) is 0 Å². The molecule has 6 aromatic rings. The molecule has 0 fully saturated rings. The van der Waals surface area contributed by atoms with Crippen molar-refractivity contribution in [2.45, 2.75) is 0 Å². The molecule has 3 aromatic heterocycles. The summed E-state index contributed by atoms with van der Waals surface area (Å²) in [5.74, 6) is 0.486. The lowest BCUT2D eigenvalue weighted by Crippen LogP contribution is -2.27. The monoisotopic (exact) mass is 492 g/mol. The lowest BCUT2D eigenvalue weighted by molar-refractivity contribution is -0.904. The molecule has 0 spiro atoms. The summed E-state index contributed by atoms with van der Waals surface area (Å²) in [6.45, 7) is 0. The quantitative estimate of drug-likeness (QED) is 0.275. The van der Waals surface area contributed by atoms with E-state index in [0.29, 0.717) is 27.6 Å². The van der Waals surface area contributed by atoms with Gasteiger partial charge in [-0.05, 0) is 47.5 Å². The summed E-state index contributed by atoms with van der Waals surface area (Å²) >= 11 is 6.11. The Morgan fingerprint density at radius 2 is 1.39 bits per heavy atom. The number of fused-ring (bicyclic) bond motifs is 1. The Labute approximate surface area is 210 Å². The first-order chi connectivity index (χ1) is 17.6. The lowest BCUT2D eigenvalue weighted by atomic mass is 10.0. The molecule has 0 aliphatic rings. The number of pyridine rings is 1. The van der Waals surface area contributed by atoms with Crippen molar-refractivity contribution in [3.63, 3.8) is 0 Å². The highest BCUT2D eigenvalue weighted by Gasteiger charge is 2.19. The zero-order valence-corrected chi connectivity index (χ0v) is 19.6. The zero-order chi connectivity index (χ0) is 24.6. The zero-order valence-electron chi connectivity index (χ0n) is 18.9. The summed E-state index contributed by atoms with van der Waals surface area (Å²) in [7, 11) is 0. The number of para-hydroxylation sites is 1. The third kappa shape index (κ3) is 3.81. The number of hydrogen-bond donors (Lipinski definition) is 1. The molecule has 0 unspecified atom stereocenters. The van der Waals surface area contributed by atoms with Crippen molar-refractivity contribution in [3.05, 3.63) is 125 Å². The Balaban J connectivity index is 1.57. The normalized spacial score (nSPS) is 11.1. The highest BCUT2D eigenvalue weighted by atomic mass is 35.5. The topological polar surface area (TPSA) is 76.8 Å². The van der Waals surface area contributed by atoms with Gasteiger partial charge in [0.15, 0.2) is 5.65 Å². The predicted octanol–water partition coefficient (Wildman–Crippen LogP) is 5.08. The molecule has 0 aliphatic carbocycles. The smallest absolute Gasteiger partial charge is 0.269 e. The van der Waals surface area contributed by atoms with Crippen LogP contribution in [0.5, 0.6) is 0 Å². The molecule has 3 aromatic carbocycles. The summed E-state index contributed by atoms with van der Waals surface area (Å²) in [6.07, 6.45) is 4.70. The van der Waals surface area contributed by atoms with Gasteiger partial charge < -0.3 is 0 Å². The van der Waals surface area contributed by atoms with Crippen LogP contribution in [-0.4, -0.2) is 24.5 Å². The van der Waals surface area contributed by atoms with Gasteiger partial charge in [0.25, 0.3) is 5.56 Å². The summed E-state index contributed by atoms with van der Waals surface area (Å²) < 4.78 is 4.26. The minimum absolute atomic E-state index is 0.223. The van der Waals surface area contributed by atoms with Crippen molar-refractivity contribution in [3.8, 4) is 33.9 Å². The Morgan fingerprint density at radius 1 is 0.750 bits per heavy atom. The van der Waals surface area contributed by atoms with Gasteiger partial charge in [-0.1, -0.05) is 54.1 Å². The molecule has 0 saturated carbocycles. The highest BCUT2D eigenvalue weighted by molar-refractivity contribution is 6.30. The molecule has 0 atom stereocenters. The van der Waals surface area contributed by atoms with Crippen molar-refractivity contribution < 1.29 is 9.94 Å². The molecular formula is C28H19ClN5O2+. The standard InChI is InChI=1S/C28H19ClN5O2/c29-22-10-12-23(13-11-22)33-26(21-8-6-19(7-9-21)20-14-16-32(36)17-15-20)31-27-25(28(33)35)18-30-34(27)24-4-2-1-3-5-24/h1-18,36H/q+1. The van der Waals surface area contributed by atoms with E-state index in [0.717, 1.165) is 27.1 Å². The largest absolute Gasteiger partial charge is 0.285 e. The van der Waals surface area contributed by atoms with Crippen molar-refractivity contribution in [1.29, 1.82) is 0 Å². The van der Waals surface area contributed by atoms with Gasteiger partial charge in [-0.3, -0.25) is 14.6 Å². The van der Waals surface area contributed by atoms with Crippen LogP contribution in [0.1, 0.15) is 0 Å². The average molecular weight is 493 g/mol. The van der Waals surface area contributed by atoms with Gasteiger partial charge >= 0.3 is 0 Å². The van der Waals surface area contributed by atoms with Gasteiger partial charge in [0.2, 0.25) is 12.4 Å². The van der Waals surface area contributed by atoms with Crippen molar-refractivity contribution >= 4 is 22.6 Å². The van der Waals surface area contributed by atoms with E-state index < -0.39 is 0 Å². The maximum atomic E-state index is 13.8. The van der Waals surface area contributed by atoms with E-state index in [4.69, 9.17) is 16.6 Å². The first-order valence-electron chi connectivity index (χ1n) is 11.2. The molecule has 0 saturated heterocycles. The van der Waals surface area contributed by atoms with Gasteiger partial charge in [-0.25, -0.2) is 9.67 Å². The molecule has 1 N–H and O–H groups in total. The van der Waals surface area contributed by atoms with Crippen LogP contribution in [0, 0.1) is 0 Å². The summed E-state index contributed by atoms with van der Waals surface area (Å²) in [6, 6.07) is 28.1. The number of rotatable bonds is 4. The molecule has 0 bridgehead atoms. The molecule has 0 amide bonds. The molecule has 36 heavy (non-hydrogen) atoms. The molecule has 8 heteroatoms. The van der Waals surface area contributed by atoms with Crippen molar-refractivity contribution in [2.75, 3.05) is 0 Å². The van der Waals surface area contributed by atoms with Gasteiger partial charge in [-0.2, -0.15) is 5.10 Å². The Bertz CT molecular complexity index is 1740. The van der Waals surface area contributed by atoms with E-state index in [1.165, 1.54) is 0 Å². The summed E-state index contributed by atoms with van der Waals surface area (Å²) in [4.78, 5) is 18.7. The van der Waals surface area contributed by atoms with E-state index >= 15 is 0 Å². The Kier molecular flexibility index (Phi) is 5.32. The van der Waals surface area contributed by atoms with Gasteiger partial charge in [-0.15, -0.1) is 0 Å². The second-order valence-corrected chi connectivity index (χ2v) is 8.66. The van der Waals surface area contributed by atoms with Crippen LogP contribution in [0.2, 0.25) is 5.02 Å². The summed E-state index contributed by atoms with van der Waals surface area (Å²) in [5, 5.41) is 15.0. The van der Waals surface area contributed by atoms with E-state index in [1.807, 2.05) is 66.7 Å². The van der Waals surface area contributed by atoms with Crippen LogP contribution < -0.4 is 10.3 Å². The third-order valence-corrected chi connectivity index (χ3v) is 6.23. The Morgan fingerprint density at radius 3 is 2.08 bits per heavy atom. The van der Waals surface area contributed by atoms with Crippen LogP contribution >= 0.6 is 11.6 Å². The number of hydrogen-bond acceptors (Lipinski definition) is 4.